The Labute approximate surface area is 311 Å². The number of anilines is 1. The molecule has 0 aliphatic carbocycles. The van der Waals surface area contributed by atoms with Gasteiger partial charge in [-0.2, -0.15) is 0 Å². The molecular weight excluding hydrogens is 631 g/mol. The Morgan fingerprint density at radius 3 is 2.19 bits per heavy atom. The fourth-order valence-corrected chi connectivity index (χ4v) is 6.44. The smallest absolute Gasteiger partial charge is 0.131 e. The highest BCUT2D eigenvalue weighted by atomic mass is 16.3. The van der Waals surface area contributed by atoms with Crippen LogP contribution >= 0.6 is 0 Å². The first-order chi connectivity index (χ1) is 27.4. The highest BCUT2D eigenvalue weighted by molar-refractivity contribution is 5.97. The molecule has 0 radical (unpaired) electrons. The molecule has 0 spiro atoms. The molecule has 0 aliphatic heterocycles. The minimum absolute atomic E-state index is 0.157. The number of para-hydroxylation sites is 1. The topological polar surface area (TPSA) is 23.5 Å². The van der Waals surface area contributed by atoms with Crippen LogP contribution in [0.15, 0.2) is 219 Å². The molecule has 0 saturated heterocycles. The van der Waals surface area contributed by atoms with Crippen molar-refractivity contribution >= 4 is 38.9 Å². The van der Waals surface area contributed by atoms with Crippen LogP contribution in [0.3, 0.4) is 0 Å². The molecule has 1 N–H and O–H groups in total. The molecule has 7 aromatic rings. The zero-order valence-electron chi connectivity index (χ0n) is 32.6. The molecule has 7 aromatic carbocycles. The standard InChI is InChI=1S/C50H39NO/c1-3-5-26-43(36-37-18-15-24-42(35-37)48-33-32-41-22-10-12-29-47(41)50(48)52)51(49-31-14-13-28-46(49)40-19-7-6-8-20-40)34-17-25-38(4-2)44-30-16-23-39-21-9-11-27-45(39)44/h3-36,52H,1-2H2/b26-5-,34-17+,38-25+,43-36-/i2D,4D,17D,25D/b4-2?,26-5-,34-17+,38-25+,43-36-. The van der Waals surface area contributed by atoms with E-state index in [9.17, 15) is 7.85 Å². The Hall–Kier alpha value is -6.90. The lowest BCUT2D eigenvalue weighted by atomic mass is 9.97. The third-order valence-corrected chi connectivity index (χ3v) is 8.94. The van der Waals surface area contributed by atoms with Gasteiger partial charge in [0.2, 0.25) is 0 Å². The third-order valence-electron chi connectivity index (χ3n) is 8.94. The monoisotopic (exact) mass is 673 g/mol. The van der Waals surface area contributed by atoms with E-state index in [-0.39, 0.29) is 29.5 Å². The number of hydrogen-bond donors (Lipinski definition) is 1. The molecule has 0 unspecified atom stereocenters. The molecule has 0 aliphatic rings. The summed E-state index contributed by atoms with van der Waals surface area (Å²) in [4.78, 5) is 1.88. The van der Waals surface area contributed by atoms with Gasteiger partial charge in [0.1, 0.15) is 5.75 Å². The summed E-state index contributed by atoms with van der Waals surface area (Å²) in [6.07, 6.45) is 9.00. The lowest BCUT2D eigenvalue weighted by Gasteiger charge is -2.25. The van der Waals surface area contributed by atoms with Gasteiger partial charge in [0.25, 0.3) is 0 Å². The fourth-order valence-electron chi connectivity index (χ4n) is 6.44. The SMILES string of the molecule is [2H]C=C([2H])/C(=C([2H])\C([2H])=C\N(C(/C=C\C=C)=C\c1cccc(-c2ccc3ccccc3c2O)c1)c1ccccc1-c1ccccc1)c1cccc2ccccc12. The van der Waals surface area contributed by atoms with E-state index in [1.807, 2.05) is 181 Å². The maximum atomic E-state index is 11.3. The van der Waals surface area contributed by atoms with Crippen molar-refractivity contribution in [2.75, 3.05) is 4.90 Å². The number of fused-ring (bicyclic) bond motifs is 2. The van der Waals surface area contributed by atoms with E-state index in [0.29, 0.717) is 16.8 Å². The van der Waals surface area contributed by atoms with E-state index in [1.54, 1.807) is 12.3 Å². The number of nitrogens with zero attached hydrogens (tertiary/aromatic N) is 1. The predicted molar refractivity (Wildman–Crippen MR) is 224 cm³/mol. The van der Waals surface area contributed by atoms with Crippen LogP contribution < -0.4 is 4.90 Å². The van der Waals surface area contributed by atoms with Crippen LogP contribution in [0.4, 0.5) is 5.69 Å². The highest BCUT2D eigenvalue weighted by Crippen LogP contribution is 2.38. The van der Waals surface area contributed by atoms with Crippen molar-refractivity contribution in [1.29, 1.82) is 0 Å². The number of benzene rings is 7. The van der Waals surface area contributed by atoms with Crippen molar-refractivity contribution in [2.45, 2.75) is 0 Å². The summed E-state index contributed by atoms with van der Waals surface area (Å²) in [5.41, 5.74) is 6.47. The first-order valence-electron chi connectivity index (χ1n) is 19.1. The summed E-state index contributed by atoms with van der Waals surface area (Å²) >= 11 is 0. The van der Waals surface area contributed by atoms with Crippen LogP contribution in [0.25, 0.3) is 55.4 Å². The second kappa shape index (κ2) is 15.8. The fraction of sp³-hybridized carbons (Fsp3) is 0. The summed E-state index contributed by atoms with van der Waals surface area (Å²) in [5.74, 6) is 0.212. The van der Waals surface area contributed by atoms with Crippen molar-refractivity contribution in [3.63, 3.8) is 0 Å². The average Bonchev–Trinajstić information content (AvgIpc) is 3.25. The van der Waals surface area contributed by atoms with E-state index >= 15 is 0 Å². The second-order valence-corrected chi connectivity index (χ2v) is 12.2. The van der Waals surface area contributed by atoms with Crippen LogP contribution in [0.2, 0.25) is 0 Å². The summed E-state index contributed by atoms with van der Waals surface area (Å²) in [6.45, 7) is 4.85. The Kier molecular flexibility index (Phi) is 8.76. The number of phenolic OH excluding ortho intramolecular Hbond substituents is 1. The Morgan fingerprint density at radius 1 is 0.673 bits per heavy atom. The minimum atomic E-state index is -0.196. The Balaban J connectivity index is 1.44. The summed E-state index contributed by atoms with van der Waals surface area (Å²) < 4.78 is 35.7. The van der Waals surface area contributed by atoms with E-state index in [0.717, 1.165) is 56.0 Å². The van der Waals surface area contributed by atoms with Crippen LogP contribution in [0, 0.1) is 0 Å². The van der Waals surface area contributed by atoms with Gasteiger partial charge in [0.15, 0.2) is 0 Å². The predicted octanol–water partition coefficient (Wildman–Crippen LogP) is 13.4. The van der Waals surface area contributed by atoms with E-state index in [4.69, 9.17) is 2.74 Å². The van der Waals surface area contributed by atoms with Crippen molar-refractivity contribution in [2.24, 2.45) is 0 Å². The van der Waals surface area contributed by atoms with Crippen LogP contribution in [0.1, 0.15) is 16.6 Å². The lowest BCUT2D eigenvalue weighted by molar-refractivity contribution is 0.483. The number of allylic oxidation sites excluding steroid dienone is 7. The molecule has 2 heteroatoms. The van der Waals surface area contributed by atoms with E-state index < -0.39 is 0 Å². The van der Waals surface area contributed by atoms with Gasteiger partial charge in [-0.05, 0) is 74.3 Å². The maximum absolute atomic E-state index is 11.3. The summed E-state index contributed by atoms with van der Waals surface area (Å²) in [7, 11) is 0. The second-order valence-electron chi connectivity index (χ2n) is 12.2. The van der Waals surface area contributed by atoms with Crippen molar-refractivity contribution in [1.82, 2.24) is 0 Å². The molecule has 7 rings (SSSR count). The van der Waals surface area contributed by atoms with Gasteiger partial charge in [0, 0.05) is 28.4 Å². The van der Waals surface area contributed by atoms with Gasteiger partial charge in [0.05, 0.1) is 11.2 Å². The summed E-state index contributed by atoms with van der Waals surface area (Å²) in [6, 6.07) is 50.4. The van der Waals surface area contributed by atoms with Crippen LogP contribution in [-0.4, -0.2) is 5.11 Å². The molecule has 52 heavy (non-hydrogen) atoms. The molecule has 250 valence electrons. The van der Waals surface area contributed by atoms with Crippen molar-refractivity contribution in [3.05, 3.63) is 230 Å². The highest BCUT2D eigenvalue weighted by Gasteiger charge is 2.15. The van der Waals surface area contributed by atoms with E-state index in [1.165, 1.54) is 0 Å². The van der Waals surface area contributed by atoms with Crippen LogP contribution in [-0.2, 0) is 0 Å². The molecule has 0 saturated carbocycles. The normalized spacial score (nSPS) is 14.0. The minimum Gasteiger partial charge on any atom is -0.507 e. The maximum Gasteiger partial charge on any atom is 0.131 e. The average molecular weight is 674 g/mol. The number of hydrogen-bond acceptors (Lipinski definition) is 2. The third kappa shape index (κ3) is 7.19. The quantitative estimate of drug-likeness (QED) is 0.138. The van der Waals surface area contributed by atoms with Crippen molar-refractivity contribution < 1.29 is 10.6 Å². The number of phenols is 1. The molecule has 0 bridgehead atoms. The van der Waals surface area contributed by atoms with E-state index in [2.05, 4.69) is 6.58 Å². The number of rotatable bonds is 11. The van der Waals surface area contributed by atoms with Gasteiger partial charge in [-0.3, -0.25) is 0 Å². The Morgan fingerprint density at radius 2 is 1.37 bits per heavy atom. The van der Waals surface area contributed by atoms with Gasteiger partial charge in [-0.1, -0.05) is 183 Å². The zero-order valence-corrected chi connectivity index (χ0v) is 28.6. The molecule has 0 amide bonds. The van der Waals surface area contributed by atoms with Crippen molar-refractivity contribution in [3.8, 4) is 28.0 Å². The first-order valence-corrected chi connectivity index (χ1v) is 17.1. The lowest BCUT2D eigenvalue weighted by Crippen LogP contribution is -2.15. The van der Waals surface area contributed by atoms with Gasteiger partial charge in [-0.25, -0.2) is 0 Å². The first kappa shape index (κ1) is 28.9. The largest absolute Gasteiger partial charge is 0.507 e. The van der Waals surface area contributed by atoms with Crippen LogP contribution in [0.5, 0.6) is 5.75 Å². The summed E-state index contributed by atoms with van der Waals surface area (Å²) in [5, 5.41) is 14.8. The molecule has 0 aromatic heterocycles. The molecule has 0 fully saturated rings. The van der Waals surface area contributed by atoms with Gasteiger partial charge < -0.3 is 10.0 Å². The molecule has 0 atom stereocenters. The Bertz CT molecular complexity index is 2720. The molecule has 2 nitrogen and oxygen atoms in total. The zero-order chi connectivity index (χ0) is 39.0. The van der Waals surface area contributed by atoms with Gasteiger partial charge >= 0.3 is 0 Å². The molecule has 0 heterocycles. The van der Waals surface area contributed by atoms with Gasteiger partial charge in [-0.15, -0.1) is 0 Å². The molecular formula is C50H39NO. The number of aromatic hydroxyl groups is 1.